The summed E-state index contributed by atoms with van der Waals surface area (Å²) < 4.78 is 5.09. The van der Waals surface area contributed by atoms with E-state index < -0.39 is 0 Å². The standard InChI is InChI=1S/C12H23N5O/c1-4-6-14-10-9-11(16-12(13)15-10)17(5-2)7-8-18-3/h9H,4-8H2,1-3H3,(H3,13,14,15,16). The summed E-state index contributed by atoms with van der Waals surface area (Å²) in [7, 11) is 1.69. The zero-order chi connectivity index (χ0) is 13.4. The lowest BCUT2D eigenvalue weighted by Crippen LogP contribution is -2.28. The quantitative estimate of drug-likeness (QED) is 0.728. The first-order valence-corrected chi connectivity index (χ1v) is 6.33. The molecule has 0 atom stereocenters. The minimum Gasteiger partial charge on any atom is -0.383 e. The largest absolute Gasteiger partial charge is 0.383 e. The molecule has 3 N–H and O–H groups in total. The van der Waals surface area contributed by atoms with E-state index in [2.05, 4.69) is 34.0 Å². The van der Waals surface area contributed by atoms with Gasteiger partial charge >= 0.3 is 0 Å². The van der Waals surface area contributed by atoms with Crippen molar-refractivity contribution in [2.75, 3.05) is 49.3 Å². The molecule has 0 saturated carbocycles. The summed E-state index contributed by atoms with van der Waals surface area (Å²) in [4.78, 5) is 10.5. The summed E-state index contributed by atoms with van der Waals surface area (Å²) in [5, 5.41) is 3.22. The SMILES string of the molecule is CCCNc1cc(N(CC)CCOC)nc(N)n1. The van der Waals surface area contributed by atoms with Gasteiger partial charge in [-0.1, -0.05) is 6.92 Å². The zero-order valence-electron chi connectivity index (χ0n) is 11.4. The van der Waals surface area contributed by atoms with Gasteiger partial charge in [0.15, 0.2) is 0 Å². The Balaban J connectivity index is 2.81. The van der Waals surface area contributed by atoms with Gasteiger partial charge in [-0.15, -0.1) is 0 Å². The molecule has 1 rings (SSSR count). The third-order valence-corrected chi connectivity index (χ3v) is 2.56. The summed E-state index contributed by atoms with van der Waals surface area (Å²) >= 11 is 0. The topological polar surface area (TPSA) is 76.3 Å². The van der Waals surface area contributed by atoms with E-state index >= 15 is 0 Å². The number of aromatic nitrogens is 2. The predicted molar refractivity (Wildman–Crippen MR) is 75.0 cm³/mol. The second-order valence-electron chi connectivity index (χ2n) is 3.97. The highest BCUT2D eigenvalue weighted by Crippen LogP contribution is 2.16. The molecule has 0 amide bonds. The molecule has 1 aromatic rings. The number of ether oxygens (including phenoxy) is 1. The molecule has 0 aliphatic rings. The fraction of sp³-hybridized carbons (Fsp3) is 0.667. The van der Waals surface area contributed by atoms with Crippen LogP contribution in [0.4, 0.5) is 17.6 Å². The fourth-order valence-electron chi connectivity index (χ4n) is 1.59. The van der Waals surface area contributed by atoms with Gasteiger partial charge in [0, 0.05) is 32.8 Å². The summed E-state index contributed by atoms with van der Waals surface area (Å²) in [6.07, 6.45) is 1.04. The van der Waals surface area contributed by atoms with E-state index in [1.54, 1.807) is 7.11 Å². The van der Waals surface area contributed by atoms with Crippen molar-refractivity contribution in [1.29, 1.82) is 0 Å². The molecule has 0 fully saturated rings. The van der Waals surface area contributed by atoms with Crippen LogP contribution in [0.1, 0.15) is 20.3 Å². The number of nitrogens with two attached hydrogens (primary N) is 1. The molecule has 0 aromatic carbocycles. The smallest absolute Gasteiger partial charge is 0.223 e. The Hall–Kier alpha value is -1.56. The summed E-state index contributed by atoms with van der Waals surface area (Å²) in [5.74, 6) is 1.90. The molecule has 0 radical (unpaired) electrons. The molecule has 0 aliphatic carbocycles. The van der Waals surface area contributed by atoms with E-state index in [1.165, 1.54) is 0 Å². The maximum absolute atomic E-state index is 5.73. The number of hydrogen-bond acceptors (Lipinski definition) is 6. The molecule has 0 spiro atoms. The molecule has 1 heterocycles. The van der Waals surface area contributed by atoms with Crippen LogP contribution in [0.3, 0.4) is 0 Å². The van der Waals surface area contributed by atoms with Gasteiger partial charge in [-0.3, -0.25) is 0 Å². The molecule has 0 aliphatic heterocycles. The molecular weight excluding hydrogens is 230 g/mol. The van der Waals surface area contributed by atoms with Crippen molar-refractivity contribution < 1.29 is 4.74 Å². The lowest BCUT2D eigenvalue weighted by molar-refractivity contribution is 0.205. The van der Waals surface area contributed by atoms with Gasteiger partial charge in [0.1, 0.15) is 11.6 Å². The minimum absolute atomic E-state index is 0.293. The molecule has 0 bridgehead atoms. The first-order chi connectivity index (χ1) is 8.71. The zero-order valence-corrected chi connectivity index (χ0v) is 11.4. The van der Waals surface area contributed by atoms with E-state index in [1.807, 2.05) is 6.07 Å². The summed E-state index contributed by atoms with van der Waals surface area (Å²) in [6.45, 7) is 7.36. The van der Waals surface area contributed by atoms with Crippen LogP contribution in [-0.2, 0) is 4.74 Å². The highest BCUT2D eigenvalue weighted by atomic mass is 16.5. The highest BCUT2D eigenvalue weighted by molar-refractivity contribution is 5.52. The predicted octanol–water partition coefficient (Wildman–Crippen LogP) is 1.35. The van der Waals surface area contributed by atoms with Crippen LogP contribution >= 0.6 is 0 Å². The minimum atomic E-state index is 0.293. The average Bonchev–Trinajstić information content (AvgIpc) is 2.37. The number of likely N-dealkylation sites (N-methyl/N-ethyl adjacent to an activating group) is 1. The van der Waals surface area contributed by atoms with Crippen molar-refractivity contribution in [2.45, 2.75) is 20.3 Å². The summed E-state index contributed by atoms with van der Waals surface area (Å²) in [5.41, 5.74) is 5.73. The first-order valence-electron chi connectivity index (χ1n) is 6.33. The lowest BCUT2D eigenvalue weighted by atomic mass is 10.4. The number of methoxy groups -OCH3 is 1. The van der Waals surface area contributed by atoms with E-state index in [0.29, 0.717) is 12.6 Å². The number of nitrogens with zero attached hydrogens (tertiary/aromatic N) is 3. The van der Waals surface area contributed by atoms with Crippen LogP contribution in [0.25, 0.3) is 0 Å². The molecule has 1 aromatic heterocycles. The van der Waals surface area contributed by atoms with Crippen molar-refractivity contribution >= 4 is 17.6 Å². The summed E-state index contributed by atoms with van der Waals surface area (Å²) in [6, 6.07) is 1.92. The van der Waals surface area contributed by atoms with Crippen LogP contribution in [0, 0.1) is 0 Å². The number of hydrogen-bond donors (Lipinski definition) is 2. The number of nitrogen functional groups attached to an aromatic ring is 1. The van der Waals surface area contributed by atoms with Gasteiger partial charge in [-0.25, -0.2) is 0 Å². The monoisotopic (exact) mass is 253 g/mol. The third kappa shape index (κ3) is 4.37. The molecular formula is C12H23N5O. The van der Waals surface area contributed by atoms with E-state index in [4.69, 9.17) is 10.5 Å². The van der Waals surface area contributed by atoms with Crippen molar-refractivity contribution in [3.63, 3.8) is 0 Å². The van der Waals surface area contributed by atoms with Crippen LogP contribution in [0.2, 0.25) is 0 Å². The normalized spacial score (nSPS) is 10.4. The second kappa shape index (κ2) is 7.71. The Bertz CT molecular complexity index is 358. The van der Waals surface area contributed by atoms with Crippen LogP contribution in [-0.4, -0.2) is 43.3 Å². The maximum Gasteiger partial charge on any atom is 0.223 e. The molecule has 0 unspecified atom stereocenters. The molecule has 6 nitrogen and oxygen atoms in total. The van der Waals surface area contributed by atoms with Gasteiger partial charge in [-0.2, -0.15) is 9.97 Å². The van der Waals surface area contributed by atoms with Gasteiger partial charge in [0.2, 0.25) is 5.95 Å². The van der Waals surface area contributed by atoms with Crippen molar-refractivity contribution in [1.82, 2.24) is 9.97 Å². The van der Waals surface area contributed by atoms with E-state index in [9.17, 15) is 0 Å². The Morgan fingerprint density at radius 2 is 2.17 bits per heavy atom. The van der Waals surface area contributed by atoms with Crippen molar-refractivity contribution in [2.24, 2.45) is 0 Å². The van der Waals surface area contributed by atoms with E-state index in [0.717, 1.165) is 37.7 Å². The van der Waals surface area contributed by atoms with Crippen LogP contribution in [0.5, 0.6) is 0 Å². The third-order valence-electron chi connectivity index (χ3n) is 2.56. The Labute approximate surface area is 109 Å². The Morgan fingerprint density at radius 1 is 1.39 bits per heavy atom. The van der Waals surface area contributed by atoms with Gasteiger partial charge < -0.3 is 20.7 Å². The van der Waals surface area contributed by atoms with Gasteiger partial charge in [0.25, 0.3) is 0 Å². The lowest BCUT2D eigenvalue weighted by Gasteiger charge is -2.22. The Kier molecular flexibility index (Phi) is 6.21. The number of rotatable bonds is 8. The van der Waals surface area contributed by atoms with Crippen molar-refractivity contribution in [3.05, 3.63) is 6.07 Å². The Morgan fingerprint density at radius 3 is 2.78 bits per heavy atom. The average molecular weight is 253 g/mol. The molecule has 102 valence electrons. The van der Waals surface area contributed by atoms with Gasteiger partial charge in [-0.05, 0) is 13.3 Å². The van der Waals surface area contributed by atoms with Gasteiger partial charge in [0.05, 0.1) is 6.61 Å². The van der Waals surface area contributed by atoms with Crippen molar-refractivity contribution in [3.8, 4) is 0 Å². The first kappa shape index (κ1) is 14.5. The second-order valence-corrected chi connectivity index (χ2v) is 3.97. The van der Waals surface area contributed by atoms with E-state index in [-0.39, 0.29) is 0 Å². The number of anilines is 3. The molecule has 0 saturated heterocycles. The van der Waals surface area contributed by atoms with Crippen LogP contribution < -0.4 is 16.0 Å². The van der Waals surface area contributed by atoms with Crippen LogP contribution in [0.15, 0.2) is 6.07 Å². The fourth-order valence-corrected chi connectivity index (χ4v) is 1.59. The number of nitrogens with one attached hydrogen (secondary N) is 1. The molecule has 18 heavy (non-hydrogen) atoms. The maximum atomic E-state index is 5.73. The molecule has 6 heteroatoms. The highest BCUT2D eigenvalue weighted by Gasteiger charge is 2.08.